The van der Waals surface area contributed by atoms with E-state index in [1.807, 2.05) is 0 Å². The molecule has 3 fully saturated rings. The summed E-state index contributed by atoms with van der Waals surface area (Å²) in [6.45, 7) is 4.92. The molecule has 1 saturated heterocycles. The van der Waals surface area contributed by atoms with E-state index in [0.717, 1.165) is 29.8 Å². The quantitative estimate of drug-likeness (QED) is 0.801. The molecule has 1 aliphatic heterocycles. The van der Waals surface area contributed by atoms with E-state index >= 15 is 0 Å². The summed E-state index contributed by atoms with van der Waals surface area (Å²) in [5.74, 6) is 2.92. The molecule has 3 aliphatic rings. The first kappa shape index (κ1) is 14.8. The normalized spacial score (nSPS) is 42.1. The van der Waals surface area contributed by atoms with Crippen LogP contribution in [0.4, 0.5) is 0 Å². The van der Waals surface area contributed by atoms with E-state index in [1.54, 1.807) is 0 Å². The lowest BCUT2D eigenvalue weighted by Crippen LogP contribution is -2.43. The average Bonchev–Trinajstić information content (AvgIpc) is 3.16. The van der Waals surface area contributed by atoms with Gasteiger partial charge < -0.3 is 10.6 Å². The summed E-state index contributed by atoms with van der Waals surface area (Å²) >= 11 is 0. The van der Waals surface area contributed by atoms with E-state index in [1.165, 1.54) is 77.3 Å². The highest BCUT2D eigenvalue weighted by Gasteiger charge is 2.35. The van der Waals surface area contributed by atoms with Gasteiger partial charge in [0, 0.05) is 12.1 Å². The predicted octanol–water partition coefficient (Wildman–Crippen LogP) is 3.71. The lowest BCUT2D eigenvalue weighted by molar-refractivity contribution is 0.242. The average molecular weight is 278 g/mol. The van der Waals surface area contributed by atoms with Crippen LogP contribution in [0.15, 0.2) is 0 Å². The van der Waals surface area contributed by atoms with Gasteiger partial charge in [-0.2, -0.15) is 0 Å². The molecule has 3 atom stereocenters. The topological polar surface area (TPSA) is 24.1 Å². The van der Waals surface area contributed by atoms with Crippen LogP contribution in [0, 0.1) is 17.8 Å². The fourth-order valence-electron chi connectivity index (χ4n) is 4.96. The van der Waals surface area contributed by atoms with Crippen LogP contribution in [-0.4, -0.2) is 25.2 Å². The van der Waals surface area contributed by atoms with Gasteiger partial charge in [-0.25, -0.2) is 0 Å². The molecule has 0 bridgehead atoms. The molecule has 2 saturated carbocycles. The highest BCUT2D eigenvalue weighted by molar-refractivity contribution is 4.93. The Hall–Kier alpha value is -0.0800. The second kappa shape index (κ2) is 7.26. The zero-order valence-corrected chi connectivity index (χ0v) is 13.4. The van der Waals surface area contributed by atoms with Crippen LogP contribution in [0.3, 0.4) is 0 Å². The molecule has 0 aromatic heterocycles. The first-order valence-electron chi connectivity index (χ1n) is 9.33. The predicted molar refractivity (Wildman–Crippen MR) is 85.9 cm³/mol. The van der Waals surface area contributed by atoms with Gasteiger partial charge in [0.05, 0.1) is 0 Å². The summed E-state index contributed by atoms with van der Waals surface area (Å²) in [6.07, 6.45) is 14.5. The van der Waals surface area contributed by atoms with E-state index in [4.69, 9.17) is 0 Å². The Bertz CT molecular complexity index is 277. The Kier molecular flexibility index (Phi) is 5.39. The van der Waals surface area contributed by atoms with Crippen LogP contribution in [0.5, 0.6) is 0 Å². The Morgan fingerprint density at radius 1 is 0.900 bits per heavy atom. The van der Waals surface area contributed by atoms with Gasteiger partial charge in [-0.05, 0) is 69.4 Å². The van der Waals surface area contributed by atoms with E-state index in [0.29, 0.717) is 0 Å². The number of nitrogens with one attached hydrogen (secondary N) is 2. The SMILES string of the molecule is CCC1CCC(CNC2CCCC2C2CCCN2)CC1. The first-order valence-corrected chi connectivity index (χ1v) is 9.33. The second-order valence-electron chi connectivity index (χ2n) is 7.61. The minimum absolute atomic E-state index is 0.814. The van der Waals surface area contributed by atoms with Crippen LogP contribution in [0.2, 0.25) is 0 Å². The summed E-state index contributed by atoms with van der Waals surface area (Å²) in [4.78, 5) is 0. The van der Waals surface area contributed by atoms with Gasteiger partial charge in [0.1, 0.15) is 0 Å². The van der Waals surface area contributed by atoms with Crippen molar-refractivity contribution in [2.45, 2.75) is 83.2 Å². The maximum atomic E-state index is 3.97. The van der Waals surface area contributed by atoms with E-state index in [2.05, 4.69) is 17.6 Å². The van der Waals surface area contributed by atoms with Crippen molar-refractivity contribution in [2.24, 2.45) is 17.8 Å². The molecule has 0 spiro atoms. The van der Waals surface area contributed by atoms with Gasteiger partial charge >= 0.3 is 0 Å². The van der Waals surface area contributed by atoms with E-state index < -0.39 is 0 Å². The van der Waals surface area contributed by atoms with Crippen molar-refractivity contribution < 1.29 is 0 Å². The maximum absolute atomic E-state index is 3.97. The van der Waals surface area contributed by atoms with Gasteiger partial charge in [0.25, 0.3) is 0 Å². The molecular weight excluding hydrogens is 244 g/mol. The molecule has 0 aromatic rings. The summed E-state index contributed by atoms with van der Waals surface area (Å²) < 4.78 is 0. The zero-order chi connectivity index (χ0) is 13.8. The van der Waals surface area contributed by atoms with E-state index in [9.17, 15) is 0 Å². The van der Waals surface area contributed by atoms with Gasteiger partial charge in [0.2, 0.25) is 0 Å². The number of rotatable bonds is 5. The van der Waals surface area contributed by atoms with Crippen molar-refractivity contribution in [2.75, 3.05) is 13.1 Å². The Morgan fingerprint density at radius 3 is 2.40 bits per heavy atom. The molecule has 3 unspecified atom stereocenters. The summed E-state index contributed by atoms with van der Waals surface area (Å²) in [7, 11) is 0. The number of hydrogen-bond acceptors (Lipinski definition) is 2. The summed E-state index contributed by atoms with van der Waals surface area (Å²) in [5.41, 5.74) is 0. The Labute approximate surface area is 125 Å². The van der Waals surface area contributed by atoms with Crippen LogP contribution in [0.25, 0.3) is 0 Å². The van der Waals surface area contributed by atoms with Crippen LogP contribution in [0.1, 0.15) is 71.1 Å². The monoisotopic (exact) mass is 278 g/mol. The molecule has 116 valence electrons. The lowest BCUT2D eigenvalue weighted by Gasteiger charge is -2.31. The standard InChI is InChI=1S/C18H34N2/c1-2-14-8-10-15(11-9-14)13-20-18-6-3-5-16(18)17-7-4-12-19-17/h14-20H,2-13H2,1H3. The molecule has 3 rings (SSSR count). The highest BCUT2D eigenvalue weighted by Crippen LogP contribution is 2.33. The third-order valence-electron chi connectivity index (χ3n) is 6.40. The second-order valence-corrected chi connectivity index (χ2v) is 7.61. The fraction of sp³-hybridized carbons (Fsp3) is 1.00. The smallest absolute Gasteiger partial charge is 0.0111 e. The van der Waals surface area contributed by atoms with Crippen LogP contribution in [-0.2, 0) is 0 Å². The van der Waals surface area contributed by atoms with Gasteiger partial charge in [-0.15, -0.1) is 0 Å². The molecule has 2 heteroatoms. The van der Waals surface area contributed by atoms with Crippen LogP contribution >= 0.6 is 0 Å². The van der Waals surface area contributed by atoms with Crippen molar-refractivity contribution in [1.29, 1.82) is 0 Å². The summed E-state index contributed by atoms with van der Waals surface area (Å²) in [6, 6.07) is 1.64. The molecule has 0 amide bonds. The molecule has 2 aliphatic carbocycles. The number of hydrogen-bond donors (Lipinski definition) is 2. The van der Waals surface area contributed by atoms with Crippen molar-refractivity contribution in [1.82, 2.24) is 10.6 Å². The zero-order valence-electron chi connectivity index (χ0n) is 13.4. The summed E-state index contributed by atoms with van der Waals surface area (Å²) in [5, 5.41) is 7.71. The van der Waals surface area contributed by atoms with Crippen molar-refractivity contribution in [3.63, 3.8) is 0 Å². The molecule has 0 aromatic carbocycles. The third kappa shape index (κ3) is 3.57. The molecule has 2 nitrogen and oxygen atoms in total. The maximum Gasteiger partial charge on any atom is 0.0111 e. The minimum Gasteiger partial charge on any atom is -0.314 e. The van der Waals surface area contributed by atoms with E-state index in [-0.39, 0.29) is 0 Å². The molecule has 2 N–H and O–H groups in total. The van der Waals surface area contributed by atoms with Gasteiger partial charge in [0.15, 0.2) is 0 Å². The highest BCUT2D eigenvalue weighted by atomic mass is 15.0. The first-order chi connectivity index (χ1) is 9.86. The van der Waals surface area contributed by atoms with Crippen molar-refractivity contribution >= 4 is 0 Å². The van der Waals surface area contributed by atoms with Crippen molar-refractivity contribution in [3.8, 4) is 0 Å². The third-order valence-corrected chi connectivity index (χ3v) is 6.40. The largest absolute Gasteiger partial charge is 0.314 e. The van der Waals surface area contributed by atoms with Crippen molar-refractivity contribution in [3.05, 3.63) is 0 Å². The van der Waals surface area contributed by atoms with Gasteiger partial charge in [-0.3, -0.25) is 0 Å². The Morgan fingerprint density at radius 2 is 1.70 bits per heavy atom. The molecule has 1 heterocycles. The van der Waals surface area contributed by atoms with Crippen LogP contribution < -0.4 is 10.6 Å². The Balaban J connectivity index is 1.41. The molecule has 0 radical (unpaired) electrons. The van der Waals surface area contributed by atoms with Gasteiger partial charge in [-0.1, -0.05) is 32.6 Å². The molecular formula is C18H34N2. The molecule has 20 heavy (non-hydrogen) atoms. The minimum atomic E-state index is 0.814. The fourth-order valence-corrected chi connectivity index (χ4v) is 4.96. The lowest BCUT2D eigenvalue weighted by atomic mass is 9.80.